The Morgan fingerprint density at radius 1 is 1.69 bits per heavy atom. The van der Waals surface area contributed by atoms with Crippen molar-refractivity contribution < 1.29 is 9.90 Å². The third kappa shape index (κ3) is 2.41. The fourth-order valence-electron chi connectivity index (χ4n) is 1.65. The Hall–Kier alpha value is -0.620. The highest BCUT2D eigenvalue weighted by atomic mass is 32.2. The number of thioether (sulfide) groups is 1. The van der Waals surface area contributed by atoms with Gasteiger partial charge in [-0.15, -0.1) is 24.1 Å². The van der Waals surface area contributed by atoms with Crippen molar-refractivity contribution in [3.05, 3.63) is 0 Å². The average Bonchev–Trinajstić information content (AvgIpc) is 2.55. The summed E-state index contributed by atoms with van der Waals surface area (Å²) < 4.78 is -0.517. The van der Waals surface area contributed by atoms with Crippen molar-refractivity contribution in [3.63, 3.8) is 0 Å². The van der Waals surface area contributed by atoms with E-state index < -0.39 is 10.7 Å². The molecule has 1 heterocycles. The van der Waals surface area contributed by atoms with E-state index in [0.717, 1.165) is 31.4 Å². The minimum Gasteiger partial charge on any atom is -0.480 e. The molecule has 1 atom stereocenters. The molecule has 0 amide bonds. The summed E-state index contributed by atoms with van der Waals surface area (Å²) in [6.45, 7) is 0. The molecular weight excluding hydrogens is 184 g/mol. The molecule has 13 heavy (non-hydrogen) atoms. The predicted molar refractivity (Wildman–Crippen MR) is 54.7 cm³/mol. The van der Waals surface area contributed by atoms with Crippen LogP contribution in [0.3, 0.4) is 0 Å². The van der Waals surface area contributed by atoms with Crippen LogP contribution in [0, 0.1) is 12.3 Å². The maximum Gasteiger partial charge on any atom is 0.319 e. The Morgan fingerprint density at radius 2 is 2.46 bits per heavy atom. The van der Waals surface area contributed by atoms with E-state index in [2.05, 4.69) is 5.92 Å². The van der Waals surface area contributed by atoms with Gasteiger partial charge in [0.05, 0.1) is 0 Å². The molecule has 72 valence electrons. The quantitative estimate of drug-likeness (QED) is 0.555. The molecule has 0 spiro atoms. The largest absolute Gasteiger partial charge is 0.480 e. The molecule has 3 heteroatoms. The Bertz CT molecular complexity index is 224. The van der Waals surface area contributed by atoms with Crippen LogP contribution in [-0.4, -0.2) is 21.6 Å². The van der Waals surface area contributed by atoms with Gasteiger partial charge >= 0.3 is 5.97 Å². The topological polar surface area (TPSA) is 37.3 Å². The van der Waals surface area contributed by atoms with Gasteiger partial charge in [-0.25, -0.2) is 0 Å². The van der Waals surface area contributed by atoms with Gasteiger partial charge in [0, 0.05) is 6.42 Å². The molecular formula is C10H14O2S. The van der Waals surface area contributed by atoms with Crippen LogP contribution in [0.1, 0.15) is 32.1 Å². The lowest BCUT2D eigenvalue weighted by Crippen LogP contribution is -2.32. The third-order valence-electron chi connectivity index (χ3n) is 2.39. The van der Waals surface area contributed by atoms with E-state index in [1.54, 1.807) is 11.8 Å². The van der Waals surface area contributed by atoms with E-state index in [4.69, 9.17) is 11.5 Å². The number of carboxylic acid groups (broad SMARTS) is 1. The number of aliphatic carboxylic acids is 1. The average molecular weight is 198 g/mol. The second-order valence-corrected chi connectivity index (χ2v) is 4.79. The molecule has 0 aliphatic carbocycles. The van der Waals surface area contributed by atoms with Crippen LogP contribution in [-0.2, 0) is 4.79 Å². The van der Waals surface area contributed by atoms with Crippen LogP contribution < -0.4 is 0 Å². The van der Waals surface area contributed by atoms with E-state index in [0.29, 0.717) is 6.42 Å². The van der Waals surface area contributed by atoms with Crippen LogP contribution in [0.5, 0.6) is 0 Å². The van der Waals surface area contributed by atoms with Gasteiger partial charge in [0.15, 0.2) is 0 Å². The molecule has 1 N–H and O–H groups in total. The van der Waals surface area contributed by atoms with Crippen LogP contribution in [0.2, 0.25) is 0 Å². The van der Waals surface area contributed by atoms with Gasteiger partial charge in [0.25, 0.3) is 0 Å². The zero-order valence-electron chi connectivity index (χ0n) is 7.58. The summed E-state index contributed by atoms with van der Waals surface area (Å²) >= 11 is 1.58. The number of carboxylic acids is 1. The van der Waals surface area contributed by atoms with Crippen molar-refractivity contribution in [1.29, 1.82) is 0 Å². The monoisotopic (exact) mass is 198 g/mol. The molecule has 0 aromatic heterocycles. The van der Waals surface area contributed by atoms with Gasteiger partial charge in [-0.05, 0) is 31.4 Å². The number of carbonyl (C=O) groups is 1. The van der Waals surface area contributed by atoms with Gasteiger partial charge < -0.3 is 5.11 Å². The van der Waals surface area contributed by atoms with Gasteiger partial charge in [-0.1, -0.05) is 0 Å². The zero-order valence-corrected chi connectivity index (χ0v) is 8.40. The highest BCUT2D eigenvalue weighted by molar-refractivity contribution is 8.01. The van der Waals surface area contributed by atoms with Crippen molar-refractivity contribution in [2.45, 2.75) is 36.9 Å². The SMILES string of the molecule is C#CCCCC1(C(=O)O)CCCS1. The van der Waals surface area contributed by atoms with Crippen molar-refractivity contribution in [1.82, 2.24) is 0 Å². The van der Waals surface area contributed by atoms with Crippen LogP contribution >= 0.6 is 11.8 Å². The van der Waals surface area contributed by atoms with E-state index in [9.17, 15) is 4.79 Å². The molecule has 0 saturated carbocycles. The first-order chi connectivity index (χ1) is 6.21. The molecule has 0 bridgehead atoms. The highest BCUT2D eigenvalue weighted by Crippen LogP contribution is 2.42. The number of hydrogen-bond acceptors (Lipinski definition) is 2. The Balaban J connectivity index is 2.48. The second-order valence-electron chi connectivity index (χ2n) is 3.31. The molecule has 1 unspecified atom stereocenters. The van der Waals surface area contributed by atoms with Gasteiger partial charge in [0.2, 0.25) is 0 Å². The Kier molecular flexibility index (Phi) is 3.68. The minimum atomic E-state index is -0.660. The van der Waals surface area contributed by atoms with E-state index in [1.807, 2.05) is 0 Å². The molecule has 2 nitrogen and oxygen atoms in total. The van der Waals surface area contributed by atoms with Gasteiger partial charge in [0.1, 0.15) is 4.75 Å². The van der Waals surface area contributed by atoms with Crippen LogP contribution in [0.25, 0.3) is 0 Å². The number of rotatable bonds is 4. The molecule has 1 saturated heterocycles. The summed E-state index contributed by atoms with van der Waals surface area (Å²) in [5.74, 6) is 2.86. The smallest absolute Gasteiger partial charge is 0.319 e. The number of terminal acetylenes is 1. The van der Waals surface area contributed by atoms with Crippen molar-refractivity contribution >= 4 is 17.7 Å². The first-order valence-corrected chi connectivity index (χ1v) is 5.51. The predicted octanol–water partition coefficient (Wildman–Crippen LogP) is 2.14. The number of unbranched alkanes of at least 4 members (excludes halogenated alkanes) is 1. The summed E-state index contributed by atoms with van der Waals surface area (Å²) in [7, 11) is 0. The lowest BCUT2D eigenvalue weighted by atomic mass is 9.96. The second kappa shape index (κ2) is 4.57. The fraction of sp³-hybridized carbons (Fsp3) is 0.700. The zero-order chi connectivity index (χ0) is 9.73. The maximum atomic E-state index is 11.0. The number of hydrogen-bond donors (Lipinski definition) is 1. The van der Waals surface area contributed by atoms with Crippen molar-refractivity contribution in [2.24, 2.45) is 0 Å². The summed E-state index contributed by atoms with van der Waals surface area (Å²) in [6.07, 6.45) is 9.19. The summed E-state index contributed by atoms with van der Waals surface area (Å²) in [6, 6.07) is 0. The van der Waals surface area contributed by atoms with E-state index in [-0.39, 0.29) is 0 Å². The molecule has 1 rings (SSSR count). The van der Waals surface area contributed by atoms with E-state index in [1.165, 1.54) is 0 Å². The molecule has 0 aromatic rings. The van der Waals surface area contributed by atoms with Crippen LogP contribution in [0.15, 0.2) is 0 Å². The third-order valence-corrected chi connectivity index (χ3v) is 4.02. The molecule has 0 radical (unpaired) electrons. The fourth-order valence-corrected chi connectivity index (χ4v) is 3.03. The normalized spacial score (nSPS) is 27.0. The molecule has 0 aromatic carbocycles. The standard InChI is InChI=1S/C10H14O2S/c1-2-3-4-6-10(9(11)12)7-5-8-13-10/h1H,3-8H2,(H,11,12). The van der Waals surface area contributed by atoms with Gasteiger partial charge in [-0.3, -0.25) is 4.79 Å². The van der Waals surface area contributed by atoms with Crippen molar-refractivity contribution in [2.75, 3.05) is 5.75 Å². The Morgan fingerprint density at radius 3 is 2.92 bits per heavy atom. The van der Waals surface area contributed by atoms with Crippen LogP contribution in [0.4, 0.5) is 0 Å². The molecule has 1 fully saturated rings. The highest BCUT2D eigenvalue weighted by Gasteiger charge is 2.41. The molecule has 1 aliphatic heterocycles. The first-order valence-electron chi connectivity index (χ1n) is 4.52. The lowest BCUT2D eigenvalue weighted by molar-refractivity contribution is -0.140. The van der Waals surface area contributed by atoms with Gasteiger partial charge in [-0.2, -0.15) is 0 Å². The summed E-state index contributed by atoms with van der Waals surface area (Å²) in [4.78, 5) is 11.0. The maximum absolute atomic E-state index is 11.0. The minimum absolute atomic E-state index is 0.517. The lowest BCUT2D eigenvalue weighted by Gasteiger charge is -2.21. The summed E-state index contributed by atoms with van der Waals surface area (Å²) in [5.41, 5.74) is 0. The summed E-state index contributed by atoms with van der Waals surface area (Å²) in [5, 5.41) is 9.09. The van der Waals surface area contributed by atoms with Crippen molar-refractivity contribution in [3.8, 4) is 12.3 Å². The Labute approximate surface area is 83.1 Å². The first kappa shape index (κ1) is 10.5. The van der Waals surface area contributed by atoms with E-state index >= 15 is 0 Å². The molecule has 1 aliphatic rings.